The van der Waals surface area contributed by atoms with Crippen LogP contribution in [0.2, 0.25) is 0 Å². The second-order valence-electron chi connectivity index (χ2n) is 4.49. The molecule has 1 aliphatic rings. The number of carbonyl (C=O) groups excluding carboxylic acids is 1. The molecule has 0 spiro atoms. The zero-order chi connectivity index (χ0) is 10.4. The van der Waals surface area contributed by atoms with E-state index in [0.29, 0.717) is 0 Å². The standard InChI is InChI=1S/C12H23NO/c1-3-6-11(12(14)13-2)9-10-7-4-5-8-10/h10-11H,3-9H2,1-2H3,(H,13,14). The third kappa shape index (κ3) is 3.32. The first-order valence-electron chi connectivity index (χ1n) is 5.99. The van der Waals surface area contributed by atoms with Gasteiger partial charge in [0, 0.05) is 13.0 Å². The fraction of sp³-hybridized carbons (Fsp3) is 0.917. The van der Waals surface area contributed by atoms with Crippen molar-refractivity contribution in [2.45, 2.75) is 51.9 Å². The molecule has 1 rings (SSSR count). The van der Waals surface area contributed by atoms with E-state index in [1.807, 2.05) is 0 Å². The number of hydrogen-bond donors (Lipinski definition) is 1. The van der Waals surface area contributed by atoms with Crippen LogP contribution in [0, 0.1) is 11.8 Å². The molecule has 0 heterocycles. The summed E-state index contributed by atoms with van der Waals surface area (Å²) in [5.41, 5.74) is 0. The van der Waals surface area contributed by atoms with Gasteiger partial charge in [0.15, 0.2) is 0 Å². The molecule has 0 aromatic heterocycles. The van der Waals surface area contributed by atoms with Gasteiger partial charge in [0.05, 0.1) is 0 Å². The van der Waals surface area contributed by atoms with Crippen LogP contribution in [-0.2, 0) is 4.79 Å². The Kier molecular flexibility index (Phi) is 4.99. The molecule has 1 fully saturated rings. The second-order valence-corrected chi connectivity index (χ2v) is 4.49. The Bertz CT molecular complexity index is 173. The summed E-state index contributed by atoms with van der Waals surface area (Å²) in [6.45, 7) is 2.16. The lowest BCUT2D eigenvalue weighted by atomic mass is 9.89. The van der Waals surface area contributed by atoms with Gasteiger partial charge in [0.1, 0.15) is 0 Å². The van der Waals surface area contributed by atoms with Crippen LogP contribution in [-0.4, -0.2) is 13.0 Å². The SMILES string of the molecule is CCCC(CC1CCCC1)C(=O)NC. The molecule has 0 aliphatic heterocycles. The average molecular weight is 197 g/mol. The summed E-state index contributed by atoms with van der Waals surface area (Å²) in [6.07, 6.45) is 8.72. The van der Waals surface area contributed by atoms with E-state index in [1.165, 1.54) is 25.7 Å². The summed E-state index contributed by atoms with van der Waals surface area (Å²) < 4.78 is 0. The van der Waals surface area contributed by atoms with E-state index in [1.54, 1.807) is 7.05 Å². The summed E-state index contributed by atoms with van der Waals surface area (Å²) in [4.78, 5) is 11.6. The quantitative estimate of drug-likeness (QED) is 0.721. The summed E-state index contributed by atoms with van der Waals surface area (Å²) in [5.74, 6) is 1.34. The van der Waals surface area contributed by atoms with E-state index in [9.17, 15) is 4.79 Å². The van der Waals surface area contributed by atoms with Gasteiger partial charge in [-0.3, -0.25) is 4.79 Å². The maximum atomic E-state index is 11.6. The molecule has 2 heteroatoms. The van der Waals surface area contributed by atoms with Crippen molar-refractivity contribution in [3.8, 4) is 0 Å². The van der Waals surface area contributed by atoms with E-state index < -0.39 is 0 Å². The topological polar surface area (TPSA) is 29.1 Å². The van der Waals surface area contributed by atoms with Crippen LogP contribution in [0.1, 0.15) is 51.9 Å². The van der Waals surface area contributed by atoms with Gasteiger partial charge in [-0.05, 0) is 18.8 Å². The fourth-order valence-corrected chi connectivity index (χ4v) is 2.56. The van der Waals surface area contributed by atoms with E-state index in [-0.39, 0.29) is 11.8 Å². The highest BCUT2D eigenvalue weighted by atomic mass is 16.1. The molecule has 0 saturated heterocycles. The number of hydrogen-bond acceptors (Lipinski definition) is 1. The molecule has 1 amide bonds. The van der Waals surface area contributed by atoms with Crippen LogP contribution in [0.4, 0.5) is 0 Å². The Labute approximate surface area is 87.5 Å². The third-order valence-electron chi connectivity index (χ3n) is 3.35. The molecule has 0 aromatic rings. The van der Waals surface area contributed by atoms with Crippen LogP contribution < -0.4 is 5.32 Å². The minimum Gasteiger partial charge on any atom is -0.359 e. The van der Waals surface area contributed by atoms with Gasteiger partial charge in [-0.2, -0.15) is 0 Å². The van der Waals surface area contributed by atoms with Crippen molar-refractivity contribution in [1.29, 1.82) is 0 Å². The van der Waals surface area contributed by atoms with Gasteiger partial charge in [0.2, 0.25) is 5.91 Å². The van der Waals surface area contributed by atoms with Crippen molar-refractivity contribution in [2.24, 2.45) is 11.8 Å². The summed E-state index contributed by atoms with van der Waals surface area (Å²) >= 11 is 0. The Hall–Kier alpha value is -0.530. The van der Waals surface area contributed by atoms with Crippen LogP contribution in [0.15, 0.2) is 0 Å². The van der Waals surface area contributed by atoms with Crippen LogP contribution in [0.5, 0.6) is 0 Å². The molecule has 1 unspecified atom stereocenters. The molecule has 1 saturated carbocycles. The van der Waals surface area contributed by atoms with Crippen molar-refractivity contribution >= 4 is 5.91 Å². The summed E-state index contributed by atoms with van der Waals surface area (Å²) in [7, 11) is 1.75. The molecule has 1 atom stereocenters. The molecule has 14 heavy (non-hydrogen) atoms. The van der Waals surface area contributed by atoms with E-state index in [2.05, 4.69) is 12.2 Å². The minimum absolute atomic E-state index is 0.249. The lowest BCUT2D eigenvalue weighted by molar-refractivity contribution is -0.125. The van der Waals surface area contributed by atoms with Crippen molar-refractivity contribution in [3.05, 3.63) is 0 Å². The molecule has 0 bridgehead atoms. The largest absolute Gasteiger partial charge is 0.359 e. The molecular formula is C12H23NO. The maximum Gasteiger partial charge on any atom is 0.222 e. The second kappa shape index (κ2) is 6.05. The van der Waals surface area contributed by atoms with Gasteiger partial charge in [-0.15, -0.1) is 0 Å². The summed E-state index contributed by atoms with van der Waals surface area (Å²) in [6, 6.07) is 0. The molecule has 1 aliphatic carbocycles. The fourth-order valence-electron chi connectivity index (χ4n) is 2.56. The monoisotopic (exact) mass is 197 g/mol. The minimum atomic E-state index is 0.249. The molecule has 0 radical (unpaired) electrons. The highest BCUT2D eigenvalue weighted by molar-refractivity contribution is 5.78. The lowest BCUT2D eigenvalue weighted by Gasteiger charge is -2.18. The molecule has 1 N–H and O–H groups in total. The van der Waals surface area contributed by atoms with Crippen LogP contribution in [0.3, 0.4) is 0 Å². The number of carbonyl (C=O) groups is 1. The van der Waals surface area contributed by atoms with E-state index in [0.717, 1.165) is 25.2 Å². The first-order chi connectivity index (χ1) is 6.77. The predicted octanol–water partition coefficient (Wildman–Crippen LogP) is 2.73. The molecule has 2 nitrogen and oxygen atoms in total. The number of nitrogens with one attached hydrogen (secondary N) is 1. The zero-order valence-corrected chi connectivity index (χ0v) is 9.51. The first-order valence-corrected chi connectivity index (χ1v) is 5.99. The molecular weight excluding hydrogens is 174 g/mol. The van der Waals surface area contributed by atoms with E-state index >= 15 is 0 Å². The van der Waals surface area contributed by atoms with Gasteiger partial charge in [-0.1, -0.05) is 39.0 Å². The smallest absolute Gasteiger partial charge is 0.222 e. The Balaban J connectivity index is 2.37. The first kappa shape index (κ1) is 11.5. The van der Waals surface area contributed by atoms with E-state index in [4.69, 9.17) is 0 Å². The van der Waals surface area contributed by atoms with Crippen molar-refractivity contribution in [2.75, 3.05) is 7.05 Å². The van der Waals surface area contributed by atoms with Gasteiger partial charge < -0.3 is 5.32 Å². The Morgan fingerprint density at radius 2 is 2.07 bits per heavy atom. The van der Waals surface area contributed by atoms with Crippen LogP contribution in [0.25, 0.3) is 0 Å². The summed E-state index contributed by atoms with van der Waals surface area (Å²) in [5, 5.41) is 2.78. The van der Waals surface area contributed by atoms with Crippen LogP contribution >= 0.6 is 0 Å². The average Bonchev–Trinajstić information content (AvgIpc) is 2.68. The molecule has 0 aromatic carbocycles. The Morgan fingerprint density at radius 3 is 2.57 bits per heavy atom. The number of rotatable bonds is 5. The third-order valence-corrected chi connectivity index (χ3v) is 3.35. The van der Waals surface area contributed by atoms with Crippen molar-refractivity contribution in [3.63, 3.8) is 0 Å². The Morgan fingerprint density at radius 1 is 1.43 bits per heavy atom. The van der Waals surface area contributed by atoms with Gasteiger partial charge in [0.25, 0.3) is 0 Å². The zero-order valence-electron chi connectivity index (χ0n) is 9.51. The highest BCUT2D eigenvalue weighted by Crippen LogP contribution is 2.31. The van der Waals surface area contributed by atoms with Crippen molar-refractivity contribution < 1.29 is 4.79 Å². The lowest BCUT2D eigenvalue weighted by Crippen LogP contribution is -2.28. The van der Waals surface area contributed by atoms with Gasteiger partial charge >= 0.3 is 0 Å². The maximum absolute atomic E-state index is 11.6. The van der Waals surface area contributed by atoms with Gasteiger partial charge in [-0.25, -0.2) is 0 Å². The number of amides is 1. The molecule has 82 valence electrons. The normalized spacial score (nSPS) is 19.6. The predicted molar refractivity (Wildman–Crippen MR) is 59.0 cm³/mol. The van der Waals surface area contributed by atoms with Crippen molar-refractivity contribution in [1.82, 2.24) is 5.32 Å². The highest BCUT2D eigenvalue weighted by Gasteiger charge is 2.23.